The molecule has 1 N–H and O–H groups in total. The highest BCUT2D eigenvalue weighted by atomic mass is 16.6. The van der Waals surface area contributed by atoms with Gasteiger partial charge in [0.2, 0.25) is 0 Å². The van der Waals surface area contributed by atoms with Crippen LogP contribution in [0.1, 0.15) is 30.5 Å². The minimum Gasteiger partial charge on any atom is -0.357 e. The molecule has 3 aromatic rings. The maximum Gasteiger partial charge on any atom is 0.260 e. The van der Waals surface area contributed by atoms with E-state index in [9.17, 15) is 10.1 Å². The number of H-pyrrole nitrogens is 1. The van der Waals surface area contributed by atoms with Crippen LogP contribution in [-0.2, 0) is 4.84 Å². The zero-order chi connectivity index (χ0) is 20.3. The molecule has 0 saturated heterocycles. The van der Waals surface area contributed by atoms with Gasteiger partial charge in [0.15, 0.2) is 5.76 Å². The standard InChI is InChI=1S/C22H16N4O2/c1-13(2)26-28-14(3)20-21(17-7-4-15(11-23)5-8-17)18-10-16(12-24)6-9-19(18)25-22(20)27/h4-10H,3H2,1-2H3,(H,25,27). The first-order valence-electron chi connectivity index (χ1n) is 8.42. The molecule has 0 fully saturated rings. The van der Waals surface area contributed by atoms with Crippen LogP contribution in [-0.4, -0.2) is 10.7 Å². The van der Waals surface area contributed by atoms with Crippen molar-refractivity contribution in [3.63, 3.8) is 0 Å². The Morgan fingerprint density at radius 2 is 1.71 bits per heavy atom. The molecule has 0 spiro atoms. The van der Waals surface area contributed by atoms with E-state index in [1.807, 2.05) is 0 Å². The van der Waals surface area contributed by atoms with Gasteiger partial charge >= 0.3 is 0 Å². The predicted octanol–water partition coefficient (Wildman–Crippen LogP) is 4.32. The van der Waals surface area contributed by atoms with Crippen molar-refractivity contribution < 1.29 is 4.84 Å². The molecule has 3 rings (SSSR count). The van der Waals surface area contributed by atoms with Crippen molar-refractivity contribution in [2.45, 2.75) is 13.8 Å². The van der Waals surface area contributed by atoms with Crippen molar-refractivity contribution in [3.05, 3.63) is 76.1 Å². The zero-order valence-electron chi connectivity index (χ0n) is 15.4. The minimum absolute atomic E-state index is 0.0890. The van der Waals surface area contributed by atoms with Crippen LogP contribution in [0.2, 0.25) is 0 Å². The molecule has 0 bridgehead atoms. The molecule has 1 heterocycles. The minimum atomic E-state index is -0.384. The lowest BCUT2D eigenvalue weighted by Crippen LogP contribution is -2.14. The second kappa shape index (κ2) is 7.61. The van der Waals surface area contributed by atoms with Gasteiger partial charge < -0.3 is 9.82 Å². The second-order valence-corrected chi connectivity index (χ2v) is 6.32. The first-order chi connectivity index (χ1) is 13.4. The summed E-state index contributed by atoms with van der Waals surface area (Å²) in [6.45, 7) is 7.39. The number of nitrogens with one attached hydrogen (secondary N) is 1. The summed E-state index contributed by atoms with van der Waals surface area (Å²) in [5.41, 5.74) is 3.30. The van der Waals surface area contributed by atoms with E-state index in [-0.39, 0.29) is 16.9 Å². The predicted molar refractivity (Wildman–Crippen MR) is 108 cm³/mol. The third-order valence-corrected chi connectivity index (χ3v) is 4.06. The number of aromatic amines is 1. The molecule has 0 aliphatic rings. The van der Waals surface area contributed by atoms with Gasteiger partial charge in [-0.05, 0) is 49.7 Å². The van der Waals surface area contributed by atoms with Crippen LogP contribution in [0.4, 0.5) is 0 Å². The fourth-order valence-electron chi connectivity index (χ4n) is 2.83. The highest BCUT2D eigenvalue weighted by Crippen LogP contribution is 2.33. The van der Waals surface area contributed by atoms with E-state index in [0.29, 0.717) is 38.9 Å². The maximum atomic E-state index is 12.8. The van der Waals surface area contributed by atoms with E-state index in [1.165, 1.54) is 0 Å². The van der Waals surface area contributed by atoms with Crippen LogP contribution in [0.15, 0.2) is 59.0 Å². The van der Waals surface area contributed by atoms with Crippen molar-refractivity contribution in [2.24, 2.45) is 5.16 Å². The number of pyridine rings is 1. The van der Waals surface area contributed by atoms with E-state index in [4.69, 9.17) is 10.1 Å². The van der Waals surface area contributed by atoms with Crippen LogP contribution in [0.5, 0.6) is 0 Å². The summed E-state index contributed by atoms with van der Waals surface area (Å²) in [5, 5.41) is 22.9. The average molecular weight is 368 g/mol. The van der Waals surface area contributed by atoms with Crippen molar-refractivity contribution in [3.8, 4) is 23.3 Å². The molecule has 0 amide bonds. The summed E-state index contributed by atoms with van der Waals surface area (Å²) in [7, 11) is 0. The number of benzene rings is 2. The van der Waals surface area contributed by atoms with Crippen LogP contribution in [0.3, 0.4) is 0 Å². The fourth-order valence-corrected chi connectivity index (χ4v) is 2.83. The zero-order valence-corrected chi connectivity index (χ0v) is 15.4. The summed E-state index contributed by atoms with van der Waals surface area (Å²) in [6, 6.07) is 16.0. The van der Waals surface area contributed by atoms with Crippen LogP contribution >= 0.6 is 0 Å². The van der Waals surface area contributed by atoms with Crippen molar-refractivity contribution in [1.82, 2.24) is 4.98 Å². The van der Waals surface area contributed by atoms with Gasteiger partial charge in [0.05, 0.1) is 34.5 Å². The van der Waals surface area contributed by atoms with Gasteiger partial charge in [0.25, 0.3) is 5.56 Å². The monoisotopic (exact) mass is 368 g/mol. The molecule has 0 unspecified atom stereocenters. The Morgan fingerprint density at radius 1 is 1.07 bits per heavy atom. The molecule has 0 aliphatic heterocycles. The molecule has 1 aromatic heterocycles. The Kier molecular flexibility index (Phi) is 5.06. The van der Waals surface area contributed by atoms with Crippen LogP contribution < -0.4 is 5.56 Å². The SMILES string of the molecule is C=C(ON=C(C)C)c1c(-c2ccc(C#N)cc2)c2cc(C#N)ccc2[nH]c1=O. The number of oxime groups is 1. The van der Waals surface area contributed by atoms with E-state index in [0.717, 1.165) is 0 Å². The lowest BCUT2D eigenvalue weighted by molar-refractivity contribution is 0.298. The number of aromatic nitrogens is 1. The van der Waals surface area contributed by atoms with E-state index in [2.05, 4.69) is 28.9 Å². The number of fused-ring (bicyclic) bond motifs is 1. The molecule has 6 heteroatoms. The lowest BCUT2D eigenvalue weighted by Gasteiger charge is -2.14. The highest BCUT2D eigenvalue weighted by molar-refractivity contribution is 6.00. The maximum absolute atomic E-state index is 12.8. The Bertz CT molecular complexity index is 1250. The third kappa shape index (κ3) is 3.53. The quantitative estimate of drug-likeness (QED) is 0.421. The second-order valence-electron chi connectivity index (χ2n) is 6.32. The molecule has 0 saturated carbocycles. The van der Waals surface area contributed by atoms with Gasteiger partial charge in [-0.15, -0.1) is 0 Å². The number of nitrogens with zero attached hydrogens (tertiary/aromatic N) is 3. The smallest absolute Gasteiger partial charge is 0.260 e. The van der Waals surface area contributed by atoms with Crippen molar-refractivity contribution >= 4 is 22.4 Å². The van der Waals surface area contributed by atoms with Crippen LogP contribution in [0.25, 0.3) is 27.8 Å². The van der Waals surface area contributed by atoms with E-state index in [1.54, 1.807) is 56.3 Å². The fraction of sp³-hybridized carbons (Fsp3) is 0.0909. The first-order valence-corrected chi connectivity index (χ1v) is 8.42. The molecule has 2 aromatic carbocycles. The van der Waals surface area contributed by atoms with Gasteiger partial charge in [-0.25, -0.2) is 0 Å². The van der Waals surface area contributed by atoms with Gasteiger partial charge in [-0.2, -0.15) is 10.5 Å². The average Bonchev–Trinajstić information content (AvgIpc) is 2.70. The molecule has 0 radical (unpaired) electrons. The first kappa shape index (κ1) is 18.6. The number of rotatable bonds is 4. The summed E-state index contributed by atoms with van der Waals surface area (Å²) in [4.78, 5) is 21.0. The van der Waals surface area contributed by atoms with Gasteiger partial charge in [-0.1, -0.05) is 23.9 Å². The molecule has 28 heavy (non-hydrogen) atoms. The largest absolute Gasteiger partial charge is 0.357 e. The molecular weight excluding hydrogens is 352 g/mol. The summed E-state index contributed by atoms with van der Waals surface area (Å²) < 4.78 is 0. The number of nitriles is 2. The Morgan fingerprint density at radius 3 is 2.32 bits per heavy atom. The van der Waals surface area contributed by atoms with E-state index >= 15 is 0 Å². The highest BCUT2D eigenvalue weighted by Gasteiger charge is 2.19. The van der Waals surface area contributed by atoms with Crippen molar-refractivity contribution in [2.75, 3.05) is 0 Å². The van der Waals surface area contributed by atoms with Crippen molar-refractivity contribution in [1.29, 1.82) is 10.5 Å². The molecule has 6 nitrogen and oxygen atoms in total. The number of hydrogen-bond acceptors (Lipinski definition) is 5. The Balaban J connectivity index is 2.37. The molecule has 0 aliphatic carbocycles. The molecule has 0 atom stereocenters. The Hall–Kier alpha value is -4.16. The topological polar surface area (TPSA) is 102 Å². The van der Waals surface area contributed by atoms with Gasteiger partial charge in [-0.3, -0.25) is 4.79 Å². The summed E-state index contributed by atoms with van der Waals surface area (Å²) in [5.74, 6) is 0.0890. The number of hydrogen-bond donors (Lipinski definition) is 1. The summed E-state index contributed by atoms with van der Waals surface area (Å²) >= 11 is 0. The Labute approximate surface area is 161 Å². The van der Waals surface area contributed by atoms with Crippen LogP contribution in [0, 0.1) is 22.7 Å². The molecular formula is C22H16N4O2. The normalized spacial score (nSPS) is 10.0. The van der Waals surface area contributed by atoms with Gasteiger partial charge in [0, 0.05) is 16.5 Å². The third-order valence-electron chi connectivity index (χ3n) is 4.06. The van der Waals surface area contributed by atoms with E-state index < -0.39 is 0 Å². The molecule has 136 valence electrons. The van der Waals surface area contributed by atoms with Gasteiger partial charge in [0.1, 0.15) is 0 Å². The lowest BCUT2D eigenvalue weighted by atomic mass is 9.94. The summed E-state index contributed by atoms with van der Waals surface area (Å²) in [6.07, 6.45) is 0.